The van der Waals surface area contributed by atoms with E-state index in [1.807, 2.05) is 0 Å². The zero-order chi connectivity index (χ0) is 60.8. The van der Waals surface area contributed by atoms with Crippen LogP contribution < -0.4 is 0 Å². The summed E-state index contributed by atoms with van der Waals surface area (Å²) in [6.45, 7) is 13.8. The van der Waals surface area contributed by atoms with E-state index in [1.165, 1.54) is 308 Å². The Morgan fingerprint density at radius 1 is 0.157 bits per heavy atom. The van der Waals surface area contributed by atoms with Gasteiger partial charge in [-0.3, -0.25) is 0 Å². The van der Waals surface area contributed by atoms with Gasteiger partial charge in [0, 0.05) is 0 Å². The van der Waals surface area contributed by atoms with Gasteiger partial charge in [0.05, 0.1) is 24.4 Å². The van der Waals surface area contributed by atoms with Crippen molar-refractivity contribution in [3.63, 3.8) is 0 Å². The van der Waals surface area contributed by atoms with Gasteiger partial charge in [-0.25, -0.2) is 0 Å². The Hall–Kier alpha value is -0.200. The lowest BCUT2D eigenvalue weighted by Crippen LogP contribution is -2.60. The molecule has 83 heavy (non-hydrogen) atoms. The lowest BCUT2D eigenvalue weighted by molar-refractivity contribution is -0.225. The van der Waals surface area contributed by atoms with Crippen molar-refractivity contribution in [2.75, 3.05) is 13.2 Å². The molecule has 5 heteroatoms. The van der Waals surface area contributed by atoms with Crippen LogP contribution in [0.25, 0.3) is 0 Å². The number of rotatable bonds is 72. The molecule has 2 unspecified atom stereocenters. The van der Waals surface area contributed by atoms with Gasteiger partial charge in [0.1, 0.15) is 11.2 Å². The van der Waals surface area contributed by atoms with Gasteiger partial charge in [-0.05, 0) is 38.5 Å². The number of aliphatic hydroxyl groups is 4. The fourth-order valence-corrected chi connectivity index (χ4v) is 13.9. The molecule has 5 nitrogen and oxygen atoms in total. The third kappa shape index (κ3) is 48.3. The van der Waals surface area contributed by atoms with Crippen LogP contribution in [0, 0.1) is 0 Å². The van der Waals surface area contributed by atoms with E-state index in [1.54, 1.807) is 0 Å². The molecule has 0 amide bonds. The fraction of sp³-hybridized carbons (Fsp3) is 1.00. The quantitative estimate of drug-likeness (QED) is 0.0456. The monoisotopic (exact) mass is 1180 g/mol. The third-order valence-corrected chi connectivity index (χ3v) is 20.1. The molecule has 0 saturated heterocycles. The van der Waals surface area contributed by atoms with Crippen LogP contribution in [0.3, 0.4) is 0 Å². The molecule has 0 spiro atoms. The van der Waals surface area contributed by atoms with Crippen molar-refractivity contribution in [1.29, 1.82) is 0 Å². The van der Waals surface area contributed by atoms with E-state index in [0.29, 0.717) is 38.5 Å². The van der Waals surface area contributed by atoms with Gasteiger partial charge in [0.25, 0.3) is 0 Å². The van der Waals surface area contributed by atoms with E-state index in [4.69, 9.17) is 4.74 Å². The van der Waals surface area contributed by atoms with Crippen LogP contribution in [0.1, 0.15) is 465 Å². The van der Waals surface area contributed by atoms with Crippen LogP contribution in [0.2, 0.25) is 0 Å². The van der Waals surface area contributed by atoms with Crippen molar-refractivity contribution in [2.24, 2.45) is 0 Å². The van der Waals surface area contributed by atoms with Crippen LogP contribution in [-0.4, -0.2) is 56.0 Å². The molecule has 0 bridgehead atoms. The summed E-state index contributed by atoms with van der Waals surface area (Å²) < 4.78 is 6.92. The van der Waals surface area contributed by atoms with E-state index in [9.17, 15) is 20.4 Å². The smallest absolute Gasteiger partial charge is 0.116 e. The van der Waals surface area contributed by atoms with Gasteiger partial charge in [0.2, 0.25) is 0 Å². The first-order valence-electron chi connectivity index (χ1n) is 39.0. The van der Waals surface area contributed by atoms with Gasteiger partial charge >= 0.3 is 0 Å². The Labute approximate surface area is 523 Å². The van der Waals surface area contributed by atoms with Crippen molar-refractivity contribution in [1.82, 2.24) is 0 Å². The maximum atomic E-state index is 13.4. The Morgan fingerprint density at radius 3 is 0.398 bits per heavy atom. The summed E-state index contributed by atoms with van der Waals surface area (Å²) in [7, 11) is 0. The van der Waals surface area contributed by atoms with Gasteiger partial charge in [-0.2, -0.15) is 0 Å². The average molecular weight is 1180 g/mol. The highest BCUT2D eigenvalue weighted by atomic mass is 16.5. The molecule has 500 valence electrons. The highest BCUT2D eigenvalue weighted by Crippen LogP contribution is 2.41. The van der Waals surface area contributed by atoms with E-state index >= 15 is 0 Å². The molecule has 0 rings (SSSR count). The van der Waals surface area contributed by atoms with Crippen molar-refractivity contribution in [3.05, 3.63) is 0 Å². The number of ether oxygens (including phenoxy) is 1. The van der Waals surface area contributed by atoms with Gasteiger partial charge in [0.15, 0.2) is 0 Å². The molecule has 0 aliphatic carbocycles. The SMILES string of the molecule is CCCCCCCCCCCCC(O)(CCCCCCCCCCCC)C(O)(CCCCCCCCCCCC)COCC(O)(CCCCCCCCCCCC)C(O)(CCCCCCCCCCCC)CCCCCCCCCCCC. The zero-order valence-electron chi connectivity index (χ0n) is 58.3. The van der Waals surface area contributed by atoms with Crippen LogP contribution in [0.5, 0.6) is 0 Å². The number of hydrogen-bond acceptors (Lipinski definition) is 5. The lowest BCUT2D eigenvalue weighted by atomic mass is 9.72. The lowest BCUT2D eigenvalue weighted by Gasteiger charge is -2.47. The van der Waals surface area contributed by atoms with E-state index in [0.717, 1.165) is 77.0 Å². The molecule has 2 atom stereocenters. The Balaban J connectivity index is 6.76. The second-order valence-corrected chi connectivity index (χ2v) is 28.2. The van der Waals surface area contributed by atoms with Gasteiger partial charge in [-0.1, -0.05) is 427 Å². The fourth-order valence-electron chi connectivity index (χ4n) is 13.9. The molecular formula is C78H158O5. The van der Waals surface area contributed by atoms with E-state index < -0.39 is 22.4 Å². The number of hydrogen-bond donors (Lipinski definition) is 4. The Bertz CT molecular complexity index is 1100. The second kappa shape index (κ2) is 62.0. The van der Waals surface area contributed by atoms with Crippen LogP contribution >= 0.6 is 0 Å². The molecule has 0 aromatic carbocycles. The zero-order valence-corrected chi connectivity index (χ0v) is 58.3. The first-order chi connectivity index (χ1) is 40.6. The van der Waals surface area contributed by atoms with Crippen LogP contribution in [0.15, 0.2) is 0 Å². The van der Waals surface area contributed by atoms with E-state index in [-0.39, 0.29) is 13.2 Å². The molecule has 0 saturated carbocycles. The van der Waals surface area contributed by atoms with Crippen LogP contribution in [-0.2, 0) is 4.74 Å². The third-order valence-electron chi connectivity index (χ3n) is 20.1. The highest BCUT2D eigenvalue weighted by Gasteiger charge is 2.51. The number of unbranched alkanes of at least 4 members (excludes halogenated alkanes) is 54. The molecule has 0 aromatic rings. The van der Waals surface area contributed by atoms with Gasteiger partial charge < -0.3 is 25.2 Å². The maximum absolute atomic E-state index is 13.4. The van der Waals surface area contributed by atoms with Crippen molar-refractivity contribution < 1.29 is 25.2 Å². The topological polar surface area (TPSA) is 90.2 Å². The summed E-state index contributed by atoms with van der Waals surface area (Å²) in [5.41, 5.74) is -5.36. The van der Waals surface area contributed by atoms with E-state index in [2.05, 4.69) is 41.5 Å². The Morgan fingerprint density at radius 2 is 0.265 bits per heavy atom. The summed E-state index contributed by atoms with van der Waals surface area (Å²) >= 11 is 0. The normalized spacial score (nSPS) is 13.8. The highest BCUT2D eigenvalue weighted by molar-refractivity contribution is 5.03. The van der Waals surface area contributed by atoms with Crippen molar-refractivity contribution >= 4 is 0 Å². The molecule has 0 heterocycles. The standard InChI is InChI=1S/C78H158O5/c1-7-13-19-25-31-37-43-49-55-61-67-75(79,68-62-56-50-44-38-32-26-20-14-8-2)77(81,71-65-59-53-47-41-35-29-23-17-11-5)73-83-74-78(82,72-66-60-54-48-42-36-30-24-18-12-6)76(80,69-63-57-51-45-39-33-27-21-15-9-3)70-64-58-52-46-40-34-28-22-16-10-4/h79-82H,7-74H2,1-6H3. The molecule has 0 radical (unpaired) electrons. The molecule has 0 fully saturated rings. The summed E-state index contributed by atoms with van der Waals surface area (Å²) in [4.78, 5) is 0. The maximum Gasteiger partial charge on any atom is 0.116 e. The summed E-state index contributed by atoms with van der Waals surface area (Å²) in [6.07, 6.45) is 77.8. The minimum absolute atomic E-state index is 0.0172. The molecule has 0 aliphatic rings. The van der Waals surface area contributed by atoms with Crippen molar-refractivity contribution in [3.8, 4) is 0 Å². The summed E-state index contributed by atoms with van der Waals surface area (Å²) in [5, 5.41) is 53.4. The summed E-state index contributed by atoms with van der Waals surface area (Å²) in [5.74, 6) is 0. The van der Waals surface area contributed by atoms with Crippen molar-refractivity contribution in [2.45, 2.75) is 488 Å². The first kappa shape index (κ1) is 82.8. The van der Waals surface area contributed by atoms with Crippen LogP contribution in [0.4, 0.5) is 0 Å². The summed E-state index contributed by atoms with van der Waals surface area (Å²) in [6, 6.07) is 0. The first-order valence-corrected chi connectivity index (χ1v) is 39.0. The predicted molar refractivity (Wildman–Crippen MR) is 369 cm³/mol. The average Bonchev–Trinajstić information content (AvgIpc) is 3.62. The predicted octanol–water partition coefficient (Wildman–Crippen LogP) is 25.8. The minimum Gasteiger partial charge on any atom is -0.387 e. The van der Waals surface area contributed by atoms with Gasteiger partial charge in [-0.15, -0.1) is 0 Å². The molecule has 0 aliphatic heterocycles. The largest absolute Gasteiger partial charge is 0.387 e. The minimum atomic E-state index is -1.42. The molecule has 4 N–H and O–H groups in total. The Kier molecular flexibility index (Phi) is 61.9. The second-order valence-electron chi connectivity index (χ2n) is 28.2. The molecule has 0 aromatic heterocycles. The molecular weight excluding hydrogens is 1020 g/mol.